The van der Waals surface area contributed by atoms with Gasteiger partial charge in [0.25, 0.3) is 11.8 Å². The average Bonchev–Trinajstić information content (AvgIpc) is 2.81. The molecular weight excluding hydrogens is 465 g/mol. The first-order valence-corrected chi connectivity index (χ1v) is 10.5. The normalized spacial score (nSPS) is 11.0. The topological polar surface area (TPSA) is 89.0 Å². The molecule has 3 aromatic rings. The minimum absolute atomic E-state index is 0.256. The summed E-state index contributed by atoms with van der Waals surface area (Å²) in [5, 5.41) is 7.66. The number of halogens is 2. The predicted octanol–water partition coefficient (Wildman–Crippen LogP) is 5.42. The van der Waals surface area contributed by atoms with Crippen molar-refractivity contribution in [3.63, 3.8) is 0 Å². The number of amides is 2. The van der Waals surface area contributed by atoms with Crippen LogP contribution in [-0.4, -0.2) is 31.7 Å². The van der Waals surface area contributed by atoms with Crippen molar-refractivity contribution in [3.8, 4) is 11.5 Å². The monoisotopic (exact) mass is 485 g/mol. The highest BCUT2D eigenvalue weighted by Gasteiger charge is 2.13. The van der Waals surface area contributed by atoms with Crippen molar-refractivity contribution in [2.24, 2.45) is 5.10 Å². The number of carbonyl (C=O) groups excluding carboxylic acids is 2. The minimum Gasteiger partial charge on any atom is -0.493 e. The molecule has 7 nitrogen and oxygen atoms in total. The van der Waals surface area contributed by atoms with Crippen molar-refractivity contribution in [2.45, 2.75) is 6.92 Å². The van der Waals surface area contributed by atoms with E-state index in [4.69, 9.17) is 32.7 Å². The van der Waals surface area contributed by atoms with Crippen LogP contribution in [0.3, 0.4) is 0 Å². The van der Waals surface area contributed by atoms with Gasteiger partial charge in [-0.25, -0.2) is 5.43 Å². The number of carbonyl (C=O) groups is 2. The fourth-order valence-corrected chi connectivity index (χ4v) is 3.43. The molecule has 0 radical (unpaired) electrons. The number of ether oxygens (including phenoxy) is 2. The Morgan fingerprint density at radius 1 is 0.848 bits per heavy atom. The molecular formula is C24H21Cl2N3O4. The van der Waals surface area contributed by atoms with E-state index in [0.717, 1.165) is 0 Å². The van der Waals surface area contributed by atoms with E-state index < -0.39 is 5.91 Å². The molecule has 0 spiro atoms. The lowest BCUT2D eigenvalue weighted by atomic mass is 10.1. The number of hydrazone groups is 1. The Hall–Kier alpha value is -3.55. The molecule has 0 unspecified atom stereocenters. The molecule has 0 heterocycles. The van der Waals surface area contributed by atoms with Gasteiger partial charge in [0.05, 0.1) is 30.5 Å². The molecule has 0 aliphatic rings. The highest BCUT2D eigenvalue weighted by atomic mass is 35.5. The van der Waals surface area contributed by atoms with E-state index in [1.807, 2.05) is 6.07 Å². The molecule has 2 N–H and O–H groups in total. The van der Waals surface area contributed by atoms with Crippen LogP contribution in [0.1, 0.15) is 33.2 Å². The first-order valence-electron chi connectivity index (χ1n) is 9.76. The van der Waals surface area contributed by atoms with Gasteiger partial charge in [-0.2, -0.15) is 5.10 Å². The molecule has 0 atom stereocenters. The third kappa shape index (κ3) is 6.03. The van der Waals surface area contributed by atoms with E-state index >= 15 is 0 Å². The largest absolute Gasteiger partial charge is 0.493 e. The minimum atomic E-state index is -0.405. The van der Waals surface area contributed by atoms with Crippen LogP contribution in [0.15, 0.2) is 65.8 Å². The maximum Gasteiger partial charge on any atom is 0.271 e. The zero-order chi connectivity index (χ0) is 24.0. The second kappa shape index (κ2) is 10.8. The Kier molecular flexibility index (Phi) is 7.92. The number of nitrogens with one attached hydrogen (secondary N) is 2. The summed E-state index contributed by atoms with van der Waals surface area (Å²) in [5.41, 5.74) is 4.99. The molecule has 0 aliphatic carbocycles. The zero-order valence-corrected chi connectivity index (χ0v) is 19.6. The molecule has 0 saturated carbocycles. The number of methoxy groups -OCH3 is 2. The molecule has 0 aromatic heterocycles. The van der Waals surface area contributed by atoms with E-state index in [9.17, 15) is 9.59 Å². The van der Waals surface area contributed by atoms with Crippen LogP contribution in [0.5, 0.6) is 11.5 Å². The number of anilines is 1. The fourth-order valence-electron chi connectivity index (χ4n) is 2.94. The van der Waals surface area contributed by atoms with Crippen molar-refractivity contribution < 1.29 is 19.1 Å². The average molecular weight is 486 g/mol. The van der Waals surface area contributed by atoms with Crippen molar-refractivity contribution in [1.29, 1.82) is 0 Å². The van der Waals surface area contributed by atoms with Gasteiger partial charge >= 0.3 is 0 Å². The molecule has 170 valence electrons. The second-order valence-electron chi connectivity index (χ2n) is 6.87. The van der Waals surface area contributed by atoms with Gasteiger partial charge < -0.3 is 14.8 Å². The molecule has 33 heavy (non-hydrogen) atoms. The Morgan fingerprint density at radius 2 is 1.61 bits per heavy atom. The zero-order valence-electron chi connectivity index (χ0n) is 18.1. The number of nitrogens with zero attached hydrogens (tertiary/aromatic N) is 1. The van der Waals surface area contributed by atoms with Gasteiger partial charge in [-0.1, -0.05) is 35.3 Å². The standard InChI is InChI=1S/C24H21Cl2N3O4/c1-14(28-29-23(30)16-7-10-21(32-2)22(12-16)33-3)15-5-4-6-18(11-15)27-24(31)19-9-8-17(25)13-20(19)26/h4-13H,1-3H3,(H,27,31)(H,29,30)/b28-14-. The SMILES string of the molecule is COc1ccc(C(=O)N/N=C(/C)c2cccc(NC(=O)c3ccc(Cl)cc3Cl)c2)cc1OC. The van der Waals surface area contributed by atoms with Crippen molar-refractivity contribution >= 4 is 46.4 Å². The first kappa shape index (κ1) is 24.1. The quantitative estimate of drug-likeness (QED) is 0.345. The van der Waals surface area contributed by atoms with E-state index in [2.05, 4.69) is 15.8 Å². The Labute approximate surface area is 201 Å². The van der Waals surface area contributed by atoms with Gasteiger partial charge in [0.15, 0.2) is 11.5 Å². The fraction of sp³-hybridized carbons (Fsp3) is 0.125. The molecule has 0 bridgehead atoms. The van der Waals surface area contributed by atoms with Crippen molar-refractivity contribution in [3.05, 3.63) is 87.4 Å². The van der Waals surface area contributed by atoms with Gasteiger partial charge in [-0.05, 0) is 61.0 Å². The molecule has 0 saturated heterocycles. The van der Waals surface area contributed by atoms with Gasteiger partial charge in [0.1, 0.15) is 0 Å². The van der Waals surface area contributed by atoms with Crippen LogP contribution in [0.2, 0.25) is 10.0 Å². The lowest BCUT2D eigenvalue weighted by molar-refractivity contribution is 0.0953. The molecule has 3 aromatic carbocycles. The third-order valence-electron chi connectivity index (χ3n) is 4.68. The van der Waals surface area contributed by atoms with Crippen LogP contribution in [-0.2, 0) is 0 Å². The summed E-state index contributed by atoms with van der Waals surface area (Å²) in [6.45, 7) is 1.74. The first-order chi connectivity index (χ1) is 15.8. The molecule has 2 amide bonds. The maximum absolute atomic E-state index is 12.6. The highest BCUT2D eigenvalue weighted by molar-refractivity contribution is 6.37. The van der Waals surface area contributed by atoms with Gasteiger partial charge in [-0.15, -0.1) is 0 Å². The van der Waals surface area contributed by atoms with E-state index in [1.165, 1.54) is 20.3 Å². The summed E-state index contributed by atoms with van der Waals surface area (Å²) >= 11 is 12.0. The predicted molar refractivity (Wildman–Crippen MR) is 130 cm³/mol. The van der Waals surface area contributed by atoms with Gasteiger partial charge in [-0.3, -0.25) is 9.59 Å². The number of hydrogen-bond donors (Lipinski definition) is 2. The number of benzene rings is 3. The highest BCUT2D eigenvalue weighted by Crippen LogP contribution is 2.27. The molecule has 3 rings (SSSR count). The molecule has 9 heteroatoms. The van der Waals surface area contributed by atoms with E-state index in [-0.39, 0.29) is 10.9 Å². The van der Waals surface area contributed by atoms with Crippen molar-refractivity contribution in [1.82, 2.24) is 5.43 Å². The van der Waals surface area contributed by atoms with Crippen molar-refractivity contribution in [2.75, 3.05) is 19.5 Å². The summed E-state index contributed by atoms with van der Waals surface area (Å²) in [7, 11) is 3.01. The van der Waals surface area contributed by atoms with Crippen LogP contribution < -0.4 is 20.2 Å². The Morgan fingerprint density at radius 3 is 2.30 bits per heavy atom. The smallest absolute Gasteiger partial charge is 0.271 e. The summed E-state index contributed by atoms with van der Waals surface area (Å²) in [4.78, 5) is 25.0. The number of hydrogen-bond acceptors (Lipinski definition) is 5. The van der Waals surface area contributed by atoms with Crippen LogP contribution in [0.25, 0.3) is 0 Å². The lowest BCUT2D eigenvalue weighted by Gasteiger charge is -2.10. The third-order valence-corrected chi connectivity index (χ3v) is 5.23. The summed E-state index contributed by atoms with van der Waals surface area (Å²) in [6, 6.07) is 16.5. The van der Waals surface area contributed by atoms with E-state index in [0.29, 0.717) is 44.6 Å². The second-order valence-corrected chi connectivity index (χ2v) is 7.71. The summed E-state index contributed by atoms with van der Waals surface area (Å²) in [5.74, 6) is 0.185. The van der Waals surface area contributed by atoms with E-state index in [1.54, 1.807) is 55.5 Å². The van der Waals surface area contributed by atoms with Crippen LogP contribution in [0, 0.1) is 0 Å². The number of rotatable bonds is 7. The summed E-state index contributed by atoms with van der Waals surface area (Å²) in [6.07, 6.45) is 0. The van der Waals surface area contributed by atoms with Gasteiger partial charge in [0.2, 0.25) is 0 Å². The van der Waals surface area contributed by atoms with Crippen LogP contribution in [0.4, 0.5) is 5.69 Å². The molecule has 0 fully saturated rings. The Bertz CT molecular complexity index is 1230. The van der Waals surface area contributed by atoms with Gasteiger partial charge in [0, 0.05) is 16.3 Å². The molecule has 0 aliphatic heterocycles. The Balaban J connectivity index is 1.71. The maximum atomic E-state index is 12.6. The summed E-state index contributed by atoms with van der Waals surface area (Å²) < 4.78 is 10.4. The van der Waals surface area contributed by atoms with Crippen LogP contribution >= 0.6 is 23.2 Å². The lowest BCUT2D eigenvalue weighted by Crippen LogP contribution is -2.19.